The van der Waals surface area contributed by atoms with E-state index in [1.807, 2.05) is 6.07 Å². The predicted molar refractivity (Wildman–Crippen MR) is 148 cm³/mol. The lowest BCUT2D eigenvalue weighted by Gasteiger charge is -2.30. The zero-order valence-electron chi connectivity index (χ0n) is 21.6. The number of Topliss-reactive ketones (excluding diaryl/α,β-unsaturated/α-hetero) is 1. The van der Waals surface area contributed by atoms with Crippen LogP contribution in [0.25, 0.3) is 0 Å². The first-order valence-electron chi connectivity index (χ1n) is 12.7. The van der Waals surface area contributed by atoms with Gasteiger partial charge in [-0.05, 0) is 47.5 Å². The number of anilines is 1. The Kier molecular flexibility index (Phi) is 7.59. The summed E-state index contributed by atoms with van der Waals surface area (Å²) in [6.07, 6.45) is 0. The number of ether oxygens (including phenoxy) is 1. The quantitative estimate of drug-likeness (QED) is 0.275. The Balaban J connectivity index is 1.70. The lowest BCUT2D eigenvalue weighted by molar-refractivity contribution is -0.142. The number of methoxy groups -OCH3 is 1. The first-order valence-corrected chi connectivity index (χ1v) is 12.7. The monoisotopic (exact) mass is 538 g/mol. The number of rotatable bonds is 7. The molecule has 1 saturated heterocycles. The molecule has 8 heteroatoms. The van der Waals surface area contributed by atoms with Gasteiger partial charge >= 0.3 is 12.0 Å². The summed E-state index contributed by atoms with van der Waals surface area (Å²) in [6.45, 7) is 0. The average Bonchev–Trinajstić information content (AvgIpc) is 3.35. The van der Waals surface area contributed by atoms with Gasteiger partial charge in [0.15, 0.2) is 5.78 Å². The van der Waals surface area contributed by atoms with Crippen LogP contribution in [0.5, 0.6) is 5.75 Å². The molecule has 4 atom stereocenters. The van der Waals surface area contributed by atoms with E-state index in [0.29, 0.717) is 22.4 Å². The van der Waals surface area contributed by atoms with E-state index >= 15 is 0 Å². The number of halogens is 1. The van der Waals surface area contributed by atoms with Gasteiger partial charge in [0.2, 0.25) is 0 Å². The summed E-state index contributed by atoms with van der Waals surface area (Å²) in [4.78, 5) is 42.4. The lowest BCUT2D eigenvalue weighted by Crippen LogP contribution is -2.45. The molecular formula is C32H27FN2O5. The molecule has 4 unspecified atom stereocenters. The molecule has 0 spiro atoms. The molecule has 0 aliphatic carbocycles. The Bertz CT molecular complexity index is 1490. The molecule has 1 aliphatic heterocycles. The molecule has 0 radical (unpaired) electrons. The lowest BCUT2D eigenvalue weighted by atomic mass is 9.76. The van der Waals surface area contributed by atoms with Crippen molar-refractivity contribution in [3.8, 4) is 5.75 Å². The Morgan fingerprint density at radius 2 is 1.40 bits per heavy atom. The molecule has 5 rings (SSSR count). The van der Waals surface area contributed by atoms with Crippen molar-refractivity contribution >= 4 is 23.5 Å². The Morgan fingerprint density at radius 3 is 1.98 bits per heavy atom. The molecule has 1 fully saturated rings. The van der Waals surface area contributed by atoms with Gasteiger partial charge in [-0.3, -0.25) is 4.79 Å². The molecule has 7 nitrogen and oxygen atoms in total. The number of carboxylic acid groups (broad SMARTS) is 1. The SMILES string of the molecule is COc1ccc(C2C(C(=O)c3ccccc3)C(c3ccccc3)C(C(=O)O)N2C(=O)Nc2ccc(F)cc2)cc1. The minimum absolute atomic E-state index is 0.279. The maximum Gasteiger partial charge on any atom is 0.327 e. The van der Waals surface area contributed by atoms with Gasteiger partial charge in [0.1, 0.15) is 17.6 Å². The molecule has 0 saturated carbocycles. The number of carbonyl (C=O) groups excluding carboxylic acids is 2. The number of hydrogen-bond acceptors (Lipinski definition) is 4. The maximum atomic E-state index is 14.3. The normalized spacial score (nSPS) is 20.1. The van der Waals surface area contributed by atoms with Gasteiger partial charge in [-0.2, -0.15) is 0 Å². The summed E-state index contributed by atoms with van der Waals surface area (Å²) in [5, 5.41) is 13.3. The van der Waals surface area contributed by atoms with E-state index in [1.54, 1.807) is 78.9 Å². The van der Waals surface area contributed by atoms with E-state index in [2.05, 4.69) is 5.32 Å². The summed E-state index contributed by atoms with van der Waals surface area (Å²) >= 11 is 0. The van der Waals surface area contributed by atoms with Crippen molar-refractivity contribution < 1.29 is 28.6 Å². The fourth-order valence-corrected chi connectivity index (χ4v) is 5.49. The van der Waals surface area contributed by atoms with E-state index in [9.17, 15) is 23.9 Å². The van der Waals surface area contributed by atoms with Crippen LogP contribution in [0.4, 0.5) is 14.9 Å². The highest BCUT2D eigenvalue weighted by Gasteiger charge is 2.57. The number of hydrogen-bond donors (Lipinski definition) is 2. The summed E-state index contributed by atoms with van der Waals surface area (Å²) in [5.74, 6) is -3.22. The van der Waals surface area contributed by atoms with E-state index < -0.39 is 41.7 Å². The van der Waals surface area contributed by atoms with E-state index in [4.69, 9.17) is 4.74 Å². The summed E-state index contributed by atoms with van der Waals surface area (Å²) in [7, 11) is 1.53. The second-order valence-electron chi connectivity index (χ2n) is 9.54. The Labute approximate surface area is 230 Å². The van der Waals surface area contributed by atoms with Crippen LogP contribution in [0.2, 0.25) is 0 Å². The molecule has 2 amide bonds. The first kappa shape index (κ1) is 26.6. The molecule has 40 heavy (non-hydrogen) atoms. The smallest absolute Gasteiger partial charge is 0.327 e. The van der Waals surface area contributed by atoms with Crippen molar-refractivity contribution in [2.45, 2.75) is 18.0 Å². The van der Waals surface area contributed by atoms with Crippen LogP contribution >= 0.6 is 0 Å². The molecule has 4 aromatic rings. The Hall–Kier alpha value is -4.98. The second kappa shape index (κ2) is 11.4. The number of carboxylic acids is 1. The van der Waals surface area contributed by atoms with Gasteiger partial charge < -0.3 is 20.1 Å². The highest BCUT2D eigenvalue weighted by molar-refractivity contribution is 6.02. The summed E-state index contributed by atoms with van der Waals surface area (Å²) in [6, 6.07) is 26.6. The third kappa shape index (κ3) is 5.16. The van der Waals surface area contributed by atoms with E-state index in [1.165, 1.54) is 36.3 Å². The van der Waals surface area contributed by atoms with Gasteiger partial charge in [-0.1, -0.05) is 72.8 Å². The zero-order chi connectivity index (χ0) is 28.2. The standard InChI is InChI=1S/C32H27FN2O5/c1-40-25-18-12-21(13-19-25)28-27(30(36)22-10-6-3-7-11-22)26(20-8-4-2-5-9-20)29(31(37)38)35(28)32(39)34-24-16-14-23(33)15-17-24/h2-19,26-29H,1H3,(H,34,39)(H,37,38). The van der Waals surface area contributed by atoms with E-state index in [-0.39, 0.29) is 11.5 Å². The molecule has 2 N–H and O–H groups in total. The maximum absolute atomic E-state index is 14.3. The number of likely N-dealkylation sites (tertiary alicyclic amines) is 1. The number of ketones is 1. The van der Waals surface area contributed by atoms with Crippen molar-refractivity contribution in [1.29, 1.82) is 0 Å². The number of amides is 2. The van der Waals surface area contributed by atoms with Crippen molar-refractivity contribution in [3.63, 3.8) is 0 Å². The number of nitrogens with one attached hydrogen (secondary N) is 1. The number of carbonyl (C=O) groups is 3. The number of aliphatic carboxylic acids is 1. The van der Waals surface area contributed by atoms with Crippen molar-refractivity contribution in [3.05, 3.63) is 132 Å². The minimum atomic E-state index is -1.38. The highest BCUT2D eigenvalue weighted by atomic mass is 19.1. The largest absolute Gasteiger partial charge is 0.497 e. The van der Waals surface area contributed by atoms with Crippen LogP contribution in [-0.4, -0.2) is 40.9 Å². The number of nitrogens with zero attached hydrogens (tertiary/aromatic N) is 1. The molecule has 0 bridgehead atoms. The van der Waals surface area contributed by atoms with Crippen LogP contribution in [0.3, 0.4) is 0 Å². The minimum Gasteiger partial charge on any atom is -0.497 e. The fourth-order valence-electron chi connectivity index (χ4n) is 5.49. The van der Waals surface area contributed by atoms with Gasteiger partial charge in [-0.25, -0.2) is 14.0 Å². The molecule has 202 valence electrons. The summed E-state index contributed by atoms with van der Waals surface area (Å²) in [5.41, 5.74) is 1.91. The van der Waals surface area contributed by atoms with Crippen molar-refractivity contribution in [2.24, 2.45) is 5.92 Å². The van der Waals surface area contributed by atoms with Gasteiger partial charge in [0.25, 0.3) is 0 Å². The first-order chi connectivity index (χ1) is 19.4. The highest BCUT2D eigenvalue weighted by Crippen LogP contribution is 2.51. The van der Waals surface area contributed by atoms with Crippen LogP contribution in [0.15, 0.2) is 109 Å². The molecule has 4 aromatic carbocycles. The number of urea groups is 1. The fraction of sp³-hybridized carbons (Fsp3) is 0.156. The Morgan fingerprint density at radius 1 is 0.800 bits per heavy atom. The molecule has 1 aliphatic rings. The van der Waals surface area contributed by atoms with Gasteiger partial charge in [-0.15, -0.1) is 0 Å². The average molecular weight is 539 g/mol. The van der Waals surface area contributed by atoms with E-state index in [0.717, 1.165) is 0 Å². The van der Waals surface area contributed by atoms with Gasteiger partial charge in [0, 0.05) is 17.2 Å². The summed E-state index contributed by atoms with van der Waals surface area (Å²) < 4.78 is 18.8. The van der Waals surface area contributed by atoms with Crippen LogP contribution < -0.4 is 10.1 Å². The molecular weight excluding hydrogens is 511 g/mol. The van der Waals surface area contributed by atoms with Crippen LogP contribution in [0.1, 0.15) is 33.4 Å². The third-order valence-corrected chi connectivity index (χ3v) is 7.25. The molecule has 0 aromatic heterocycles. The zero-order valence-corrected chi connectivity index (χ0v) is 21.6. The van der Waals surface area contributed by atoms with Gasteiger partial charge in [0.05, 0.1) is 19.1 Å². The van der Waals surface area contributed by atoms with Crippen molar-refractivity contribution in [2.75, 3.05) is 12.4 Å². The predicted octanol–water partition coefficient (Wildman–Crippen LogP) is 6.16. The van der Waals surface area contributed by atoms with Crippen molar-refractivity contribution in [1.82, 2.24) is 4.90 Å². The van der Waals surface area contributed by atoms with Crippen LogP contribution in [0, 0.1) is 11.7 Å². The molecule has 1 heterocycles. The third-order valence-electron chi connectivity index (χ3n) is 7.25. The topological polar surface area (TPSA) is 95.9 Å². The number of benzene rings is 4. The second-order valence-corrected chi connectivity index (χ2v) is 9.54. The van der Waals surface area contributed by atoms with Crippen LogP contribution in [-0.2, 0) is 4.79 Å².